The van der Waals surface area contributed by atoms with Crippen LogP contribution in [0.25, 0.3) is 0 Å². The van der Waals surface area contributed by atoms with Gasteiger partial charge >= 0.3 is 0 Å². The number of ether oxygens (including phenoxy) is 1. The van der Waals surface area contributed by atoms with Crippen molar-refractivity contribution in [2.45, 2.75) is 85.5 Å². The summed E-state index contributed by atoms with van der Waals surface area (Å²) in [6.45, 7) is 23.8. The van der Waals surface area contributed by atoms with E-state index >= 15 is 0 Å². The quantitative estimate of drug-likeness (QED) is 0.178. The number of hydrogen-bond acceptors (Lipinski definition) is 5. The van der Waals surface area contributed by atoms with Gasteiger partial charge in [0, 0.05) is 36.5 Å². The van der Waals surface area contributed by atoms with Crippen LogP contribution in [0.1, 0.15) is 91.5 Å². The van der Waals surface area contributed by atoms with E-state index in [1.807, 2.05) is 6.20 Å². The van der Waals surface area contributed by atoms with Gasteiger partial charge in [-0.05, 0) is 93.5 Å². The SMILES string of the molecule is CC(C)C1(C(C)C)c2ccccc2N(c2cc(C(C)(C)C)ccn2)c2cc(Oc3cc(N4CN(C)c5ccccc54)cc(C(C)(C)C)c3)ccc21. The molecule has 0 unspecified atom stereocenters. The Bertz CT molecular complexity index is 2070. The lowest BCUT2D eigenvalue weighted by atomic mass is 9.58. The molecule has 51 heavy (non-hydrogen) atoms. The first kappa shape index (κ1) is 34.7. The molecule has 0 spiro atoms. The Morgan fingerprint density at radius 1 is 0.627 bits per heavy atom. The van der Waals surface area contributed by atoms with E-state index in [0.717, 1.165) is 35.4 Å². The summed E-state index contributed by atoms with van der Waals surface area (Å²) in [5, 5.41) is 0. The van der Waals surface area contributed by atoms with Gasteiger partial charge < -0.3 is 14.5 Å². The van der Waals surface area contributed by atoms with Crippen LogP contribution in [0.2, 0.25) is 0 Å². The largest absolute Gasteiger partial charge is 0.457 e. The Hall–Kier alpha value is -4.77. The molecule has 0 amide bonds. The van der Waals surface area contributed by atoms with Crippen molar-refractivity contribution in [1.82, 2.24) is 4.98 Å². The third-order valence-electron chi connectivity index (χ3n) is 11.2. The highest BCUT2D eigenvalue weighted by Crippen LogP contribution is 2.58. The summed E-state index contributed by atoms with van der Waals surface area (Å²) < 4.78 is 6.95. The first-order valence-corrected chi connectivity index (χ1v) is 18.5. The lowest BCUT2D eigenvalue weighted by Gasteiger charge is -2.50. The Labute approximate surface area is 305 Å². The third kappa shape index (κ3) is 5.85. The minimum Gasteiger partial charge on any atom is -0.457 e. The van der Waals surface area contributed by atoms with Crippen molar-refractivity contribution >= 4 is 34.3 Å². The normalized spacial score (nSPS) is 15.3. The van der Waals surface area contributed by atoms with E-state index in [4.69, 9.17) is 9.72 Å². The first-order chi connectivity index (χ1) is 24.1. The number of rotatable bonds is 6. The second kappa shape index (κ2) is 12.5. The predicted molar refractivity (Wildman–Crippen MR) is 215 cm³/mol. The molecule has 0 saturated heterocycles. The van der Waals surface area contributed by atoms with Gasteiger partial charge in [-0.15, -0.1) is 0 Å². The molecular weight excluding hydrogens is 625 g/mol. The zero-order chi connectivity index (χ0) is 36.5. The first-order valence-electron chi connectivity index (χ1n) is 18.5. The molecule has 3 heterocycles. The zero-order valence-electron chi connectivity index (χ0n) is 32.4. The molecule has 0 fully saturated rings. The maximum absolute atomic E-state index is 6.95. The second-order valence-corrected chi connectivity index (χ2v) is 17.2. The number of fused-ring (bicyclic) bond motifs is 3. The van der Waals surface area contributed by atoms with Crippen LogP contribution in [0, 0.1) is 11.8 Å². The maximum atomic E-state index is 6.95. The van der Waals surface area contributed by atoms with Gasteiger partial charge in [-0.2, -0.15) is 0 Å². The molecule has 0 bridgehead atoms. The minimum absolute atomic E-state index is 0.0130. The van der Waals surface area contributed by atoms with Crippen molar-refractivity contribution < 1.29 is 4.74 Å². The van der Waals surface area contributed by atoms with E-state index in [1.54, 1.807) is 0 Å². The molecule has 4 aromatic carbocycles. The van der Waals surface area contributed by atoms with Gasteiger partial charge in [0.15, 0.2) is 0 Å². The van der Waals surface area contributed by atoms with Crippen LogP contribution >= 0.6 is 0 Å². The molecule has 1 aromatic heterocycles. The van der Waals surface area contributed by atoms with Crippen LogP contribution in [0.5, 0.6) is 11.5 Å². The lowest BCUT2D eigenvalue weighted by Crippen LogP contribution is -2.44. The minimum atomic E-state index is -0.197. The van der Waals surface area contributed by atoms with Crippen LogP contribution in [0.4, 0.5) is 34.3 Å². The summed E-state index contributed by atoms with van der Waals surface area (Å²) in [6, 6.07) is 35.4. The molecule has 264 valence electrons. The van der Waals surface area contributed by atoms with Crippen LogP contribution < -0.4 is 19.4 Å². The second-order valence-electron chi connectivity index (χ2n) is 17.2. The topological polar surface area (TPSA) is 31.8 Å². The summed E-state index contributed by atoms with van der Waals surface area (Å²) in [6.07, 6.45) is 1.96. The Morgan fingerprint density at radius 2 is 1.25 bits per heavy atom. The van der Waals surface area contributed by atoms with Gasteiger partial charge in [0.2, 0.25) is 0 Å². The van der Waals surface area contributed by atoms with Crippen LogP contribution in [-0.2, 0) is 16.2 Å². The van der Waals surface area contributed by atoms with E-state index in [2.05, 4.69) is 188 Å². The smallest absolute Gasteiger partial charge is 0.137 e. The standard InChI is InChI=1S/C46H54N4O/c1-30(2)46(31(3)4)37-16-12-13-17-39(37)50(43-26-32(22-23-47-43)44(5,6)7)42-28-35(20-21-38(42)46)51-36-25-33(45(8,9)10)24-34(27-36)49-29-48(11)40-18-14-15-19-41(40)49/h12-28,30-31H,29H2,1-11H3. The summed E-state index contributed by atoms with van der Waals surface area (Å²) in [4.78, 5) is 12.1. The molecule has 2 aliphatic heterocycles. The summed E-state index contributed by atoms with van der Waals surface area (Å²) >= 11 is 0. The van der Waals surface area contributed by atoms with Gasteiger partial charge in [0.25, 0.3) is 0 Å². The Kier molecular flexibility index (Phi) is 8.48. The number of nitrogens with zero attached hydrogens (tertiary/aromatic N) is 4. The van der Waals surface area contributed by atoms with Crippen molar-refractivity contribution in [1.29, 1.82) is 0 Å². The number of anilines is 6. The average Bonchev–Trinajstić information content (AvgIpc) is 3.42. The molecule has 0 aliphatic carbocycles. The molecule has 5 heteroatoms. The molecular formula is C46H54N4O. The van der Waals surface area contributed by atoms with Crippen LogP contribution in [0.3, 0.4) is 0 Å². The summed E-state index contributed by atoms with van der Waals surface area (Å²) in [5.41, 5.74) is 10.7. The lowest BCUT2D eigenvalue weighted by molar-refractivity contribution is 0.272. The monoisotopic (exact) mass is 678 g/mol. The number of hydrogen-bond donors (Lipinski definition) is 0. The molecule has 2 aliphatic rings. The predicted octanol–water partition coefficient (Wildman–Crippen LogP) is 12.4. The zero-order valence-corrected chi connectivity index (χ0v) is 32.4. The summed E-state index contributed by atoms with van der Waals surface area (Å²) in [5.74, 6) is 3.27. The van der Waals surface area contributed by atoms with E-state index in [1.165, 1.54) is 39.3 Å². The third-order valence-corrected chi connectivity index (χ3v) is 11.2. The van der Waals surface area contributed by atoms with E-state index in [0.29, 0.717) is 11.8 Å². The number of aromatic nitrogens is 1. The van der Waals surface area contributed by atoms with E-state index in [-0.39, 0.29) is 16.2 Å². The van der Waals surface area contributed by atoms with Crippen molar-refractivity contribution in [3.8, 4) is 11.5 Å². The fraction of sp³-hybridized carbons (Fsp3) is 0.370. The van der Waals surface area contributed by atoms with Crippen molar-refractivity contribution in [3.63, 3.8) is 0 Å². The Balaban J connectivity index is 1.40. The molecule has 0 atom stereocenters. The number of para-hydroxylation sites is 3. The van der Waals surface area contributed by atoms with Gasteiger partial charge in [0.1, 0.15) is 17.3 Å². The van der Waals surface area contributed by atoms with Gasteiger partial charge in [0.05, 0.1) is 29.4 Å². The molecule has 0 radical (unpaired) electrons. The van der Waals surface area contributed by atoms with Crippen LogP contribution in [0.15, 0.2) is 103 Å². The summed E-state index contributed by atoms with van der Waals surface area (Å²) in [7, 11) is 2.15. The highest BCUT2D eigenvalue weighted by atomic mass is 16.5. The molecule has 0 N–H and O–H groups in total. The fourth-order valence-corrected chi connectivity index (χ4v) is 8.54. The van der Waals surface area contributed by atoms with E-state index in [9.17, 15) is 0 Å². The fourth-order valence-electron chi connectivity index (χ4n) is 8.54. The molecule has 7 rings (SSSR count). The molecule has 0 saturated carbocycles. The number of pyridine rings is 1. The average molecular weight is 679 g/mol. The Morgan fingerprint density at radius 3 is 1.92 bits per heavy atom. The van der Waals surface area contributed by atoms with Gasteiger partial charge in [-0.3, -0.25) is 4.90 Å². The van der Waals surface area contributed by atoms with Gasteiger partial charge in [-0.25, -0.2) is 4.98 Å². The van der Waals surface area contributed by atoms with Crippen molar-refractivity contribution in [2.75, 3.05) is 28.4 Å². The van der Waals surface area contributed by atoms with Crippen molar-refractivity contribution in [3.05, 3.63) is 126 Å². The number of benzene rings is 4. The highest BCUT2D eigenvalue weighted by Gasteiger charge is 2.48. The van der Waals surface area contributed by atoms with Gasteiger partial charge in [-0.1, -0.05) is 106 Å². The van der Waals surface area contributed by atoms with Crippen molar-refractivity contribution in [2.24, 2.45) is 11.8 Å². The van der Waals surface area contributed by atoms with Crippen LogP contribution in [-0.4, -0.2) is 18.7 Å². The van der Waals surface area contributed by atoms with E-state index < -0.39 is 0 Å². The maximum Gasteiger partial charge on any atom is 0.137 e. The molecule has 5 aromatic rings. The highest BCUT2D eigenvalue weighted by molar-refractivity contribution is 5.86. The molecule has 5 nitrogen and oxygen atoms in total.